The van der Waals surface area contributed by atoms with Crippen LogP contribution in [0.15, 0.2) is 12.2 Å². The molecule has 0 atom stereocenters. The van der Waals surface area contributed by atoms with Crippen LogP contribution >= 0.6 is 0 Å². The monoisotopic (exact) mass is 298 g/mol. The summed E-state index contributed by atoms with van der Waals surface area (Å²) in [5.74, 6) is -0.495. The number of rotatable bonds is 2. The van der Waals surface area contributed by atoms with Crippen molar-refractivity contribution < 1.29 is 23.9 Å². The van der Waals surface area contributed by atoms with Crippen LogP contribution in [0.2, 0.25) is 0 Å². The molecule has 1 rings (SSSR count). The second-order valence-electron chi connectivity index (χ2n) is 5.16. The summed E-state index contributed by atoms with van der Waals surface area (Å²) < 4.78 is 10.1. The average Bonchev–Trinajstić information content (AvgIpc) is 2.31. The average molecular weight is 298 g/mol. The smallest absolute Gasteiger partial charge is 0.436 e. The molecule has 118 valence electrons. The zero-order chi connectivity index (χ0) is 16.0. The second-order valence-corrected chi connectivity index (χ2v) is 5.16. The summed E-state index contributed by atoms with van der Waals surface area (Å²) in [7, 11) is 0. The van der Waals surface area contributed by atoms with Crippen molar-refractivity contribution in [1.82, 2.24) is 10.0 Å². The van der Waals surface area contributed by atoms with E-state index < -0.39 is 24.2 Å². The van der Waals surface area contributed by atoms with Crippen molar-refractivity contribution in [1.29, 1.82) is 0 Å². The minimum Gasteiger partial charge on any atom is -0.445 e. The van der Waals surface area contributed by atoms with Gasteiger partial charge in [0.05, 0.1) is 18.8 Å². The molecule has 0 unspecified atom stereocenters. The molecule has 0 aromatic rings. The first-order valence-corrected chi connectivity index (χ1v) is 6.99. The van der Waals surface area contributed by atoms with Crippen LogP contribution in [0.1, 0.15) is 40.5 Å². The van der Waals surface area contributed by atoms with E-state index in [0.717, 1.165) is 10.0 Å². The van der Waals surface area contributed by atoms with Gasteiger partial charge in [0.1, 0.15) is 0 Å². The highest BCUT2D eigenvalue weighted by Gasteiger charge is 2.34. The van der Waals surface area contributed by atoms with Crippen molar-refractivity contribution in [3.05, 3.63) is 12.2 Å². The second kappa shape index (κ2) is 7.66. The summed E-state index contributed by atoms with van der Waals surface area (Å²) in [6.07, 6.45) is 1.75. The minimum atomic E-state index is -0.869. The van der Waals surface area contributed by atoms with E-state index >= 15 is 0 Å². The van der Waals surface area contributed by atoms with Crippen molar-refractivity contribution in [2.45, 2.75) is 52.7 Å². The predicted molar refractivity (Wildman–Crippen MR) is 75.2 cm³/mol. The number of allylic oxidation sites excluding steroid dienone is 1. The van der Waals surface area contributed by atoms with Gasteiger partial charge in [0, 0.05) is 6.42 Å². The number of hydrazine groups is 1. The van der Waals surface area contributed by atoms with E-state index in [1.54, 1.807) is 39.8 Å². The molecule has 0 N–H and O–H groups in total. The summed E-state index contributed by atoms with van der Waals surface area (Å²) in [6, 6.07) is 0. The highest BCUT2D eigenvalue weighted by Crippen LogP contribution is 2.13. The molecule has 7 nitrogen and oxygen atoms in total. The molecule has 1 heterocycles. The van der Waals surface area contributed by atoms with Gasteiger partial charge >= 0.3 is 12.2 Å². The molecule has 0 saturated heterocycles. The Labute approximate surface area is 124 Å². The number of hydrogen-bond acceptors (Lipinski definition) is 5. The van der Waals surface area contributed by atoms with E-state index in [-0.39, 0.29) is 19.1 Å². The Morgan fingerprint density at radius 1 is 1.05 bits per heavy atom. The van der Waals surface area contributed by atoms with Gasteiger partial charge in [-0.05, 0) is 34.1 Å². The molecule has 21 heavy (non-hydrogen) atoms. The molecule has 0 saturated carbocycles. The number of amides is 3. The van der Waals surface area contributed by atoms with Crippen LogP contribution in [-0.4, -0.2) is 46.9 Å². The van der Waals surface area contributed by atoms with Gasteiger partial charge in [-0.2, -0.15) is 0 Å². The van der Waals surface area contributed by atoms with Gasteiger partial charge in [-0.1, -0.05) is 12.2 Å². The Bertz CT molecular complexity index is 431. The maximum absolute atomic E-state index is 12.1. The third-order valence-corrected chi connectivity index (χ3v) is 2.50. The van der Waals surface area contributed by atoms with E-state index in [0.29, 0.717) is 6.42 Å². The van der Waals surface area contributed by atoms with Gasteiger partial charge in [0.2, 0.25) is 0 Å². The zero-order valence-electron chi connectivity index (χ0n) is 12.9. The molecule has 0 aliphatic carbocycles. The Kier molecular flexibility index (Phi) is 6.20. The van der Waals surface area contributed by atoms with Gasteiger partial charge in [-0.15, -0.1) is 5.01 Å². The van der Waals surface area contributed by atoms with E-state index in [1.807, 2.05) is 0 Å². The Balaban J connectivity index is 3.01. The number of carbonyl (C=O) groups is 3. The number of hydrogen-bond donors (Lipinski definition) is 0. The number of nitrogens with zero attached hydrogens (tertiary/aromatic N) is 2. The van der Waals surface area contributed by atoms with Crippen molar-refractivity contribution in [2.24, 2.45) is 0 Å². The molecule has 1 aliphatic heterocycles. The van der Waals surface area contributed by atoms with Gasteiger partial charge in [0.25, 0.3) is 5.91 Å². The number of imide groups is 1. The predicted octanol–water partition coefficient (Wildman–Crippen LogP) is 2.47. The lowest BCUT2D eigenvalue weighted by molar-refractivity contribution is -0.142. The van der Waals surface area contributed by atoms with Crippen molar-refractivity contribution in [3.8, 4) is 0 Å². The normalized spacial score (nSPS) is 17.5. The largest absolute Gasteiger partial charge is 0.445 e. The molecule has 3 amide bonds. The van der Waals surface area contributed by atoms with Gasteiger partial charge in [-0.25, -0.2) is 14.6 Å². The molecular weight excluding hydrogens is 276 g/mol. The topological polar surface area (TPSA) is 76.2 Å². The molecule has 0 bridgehead atoms. The van der Waals surface area contributed by atoms with E-state index in [1.165, 1.54) is 0 Å². The summed E-state index contributed by atoms with van der Waals surface area (Å²) >= 11 is 0. The van der Waals surface area contributed by atoms with E-state index in [2.05, 4.69) is 0 Å². The quantitative estimate of drug-likeness (QED) is 0.732. The third kappa shape index (κ3) is 5.09. The fourth-order valence-electron chi connectivity index (χ4n) is 1.69. The van der Waals surface area contributed by atoms with Crippen LogP contribution in [0.3, 0.4) is 0 Å². The SMILES string of the molecule is CC(C)OC(=O)N1C/C=C\CCC(=O)N1C(=O)OC(C)C. The van der Waals surface area contributed by atoms with Gasteiger partial charge in [-0.3, -0.25) is 4.79 Å². The first kappa shape index (κ1) is 17.0. The zero-order valence-corrected chi connectivity index (χ0v) is 12.9. The summed E-state index contributed by atoms with van der Waals surface area (Å²) in [4.78, 5) is 36.3. The summed E-state index contributed by atoms with van der Waals surface area (Å²) in [5.41, 5.74) is 0. The van der Waals surface area contributed by atoms with Crippen LogP contribution in [-0.2, 0) is 14.3 Å². The summed E-state index contributed by atoms with van der Waals surface area (Å²) in [5, 5.41) is 1.69. The van der Waals surface area contributed by atoms with Crippen LogP contribution < -0.4 is 0 Å². The van der Waals surface area contributed by atoms with Crippen LogP contribution in [0.25, 0.3) is 0 Å². The molecule has 0 aromatic carbocycles. The highest BCUT2D eigenvalue weighted by molar-refractivity contribution is 5.93. The lowest BCUT2D eigenvalue weighted by Crippen LogP contribution is -2.54. The number of carbonyl (C=O) groups excluding carboxylic acids is 3. The van der Waals surface area contributed by atoms with Gasteiger partial charge in [0.15, 0.2) is 0 Å². The third-order valence-electron chi connectivity index (χ3n) is 2.50. The Morgan fingerprint density at radius 2 is 1.62 bits per heavy atom. The molecule has 7 heteroatoms. The molecular formula is C14H22N2O5. The van der Waals surface area contributed by atoms with Crippen molar-refractivity contribution in [2.75, 3.05) is 6.54 Å². The summed E-state index contributed by atoms with van der Waals surface area (Å²) in [6.45, 7) is 6.80. The lowest BCUT2D eigenvalue weighted by atomic mass is 10.2. The first-order chi connectivity index (χ1) is 9.82. The maximum Gasteiger partial charge on any atom is 0.436 e. The standard InChI is InChI=1S/C14H22N2O5/c1-10(2)20-13(18)15-9-7-5-6-8-12(17)16(15)14(19)21-11(3)4/h5,7,10-11H,6,8-9H2,1-4H3/b7-5-. The molecule has 0 fully saturated rings. The van der Waals surface area contributed by atoms with Gasteiger partial charge < -0.3 is 9.47 Å². The molecule has 0 radical (unpaired) electrons. The van der Waals surface area contributed by atoms with Crippen molar-refractivity contribution in [3.63, 3.8) is 0 Å². The van der Waals surface area contributed by atoms with Crippen molar-refractivity contribution >= 4 is 18.1 Å². The molecule has 0 spiro atoms. The maximum atomic E-state index is 12.1. The van der Waals surface area contributed by atoms with E-state index in [4.69, 9.17) is 9.47 Å². The number of ether oxygens (including phenoxy) is 2. The fraction of sp³-hybridized carbons (Fsp3) is 0.643. The minimum absolute atomic E-state index is 0.0739. The molecule has 0 aromatic heterocycles. The van der Waals surface area contributed by atoms with Crippen LogP contribution in [0.4, 0.5) is 9.59 Å². The molecule has 1 aliphatic rings. The fourth-order valence-corrected chi connectivity index (χ4v) is 1.69. The van der Waals surface area contributed by atoms with E-state index in [9.17, 15) is 14.4 Å². The Hall–Kier alpha value is -2.05. The Morgan fingerprint density at radius 3 is 2.19 bits per heavy atom. The first-order valence-electron chi connectivity index (χ1n) is 6.99. The highest BCUT2D eigenvalue weighted by atomic mass is 16.6. The lowest BCUT2D eigenvalue weighted by Gasteiger charge is -2.32. The van der Waals surface area contributed by atoms with Crippen LogP contribution in [0, 0.1) is 0 Å². The van der Waals surface area contributed by atoms with Crippen LogP contribution in [0.5, 0.6) is 0 Å².